The summed E-state index contributed by atoms with van der Waals surface area (Å²) in [6, 6.07) is 11.1. The Bertz CT molecular complexity index is 1070. The third-order valence-electron chi connectivity index (χ3n) is 4.27. The van der Waals surface area contributed by atoms with Gasteiger partial charge in [-0.1, -0.05) is 23.7 Å². The molecule has 0 bridgehead atoms. The number of halogens is 4. The molecule has 0 aromatic heterocycles. The number of carbonyl (C=O) groups excluding carboxylic acids is 2. The highest BCUT2D eigenvalue weighted by atomic mass is 35.5. The Hall–Kier alpha value is -3.51. The Morgan fingerprint density at radius 1 is 1.19 bits per heavy atom. The molecule has 1 unspecified atom stereocenters. The molecule has 6 nitrogen and oxygen atoms in total. The van der Waals surface area contributed by atoms with E-state index >= 15 is 0 Å². The van der Waals surface area contributed by atoms with Gasteiger partial charge in [-0.05, 0) is 48.9 Å². The Morgan fingerprint density at radius 2 is 1.81 bits per heavy atom. The van der Waals surface area contributed by atoms with Crippen molar-refractivity contribution >= 4 is 40.9 Å². The van der Waals surface area contributed by atoms with Crippen molar-refractivity contribution in [3.05, 3.63) is 64.2 Å². The number of benzene rings is 2. The van der Waals surface area contributed by atoms with Crippen LogP contribution in [-0.4, -0.2) is 32.1 Å². The van der Waals surface area contributed by atoms with Crippen LogP contribution in [0.15, 0.2) is 48.0 Å². The zero-order valence-corrected chi connectivity index (χ0v) is 18.1. The van der Waals surface area contributed by atoms with Crippen molar-refractivity contribution in [3.8, 4) is 6.07 Å². The fourth-order valence-electron chi connectivity index (χ4n) is 2.48. The maximum atomic E-state index is 12.9. The van der Waals surface area contributed by atoms with Gasteiger partial charge in [-0.15, -0.1) is 0 Å². The van der Waals surface area contributed by atoms with E-state index in [1.54, 1.807) is 30.3 Å². The van der Waals surface area contributed by atoms with Gasteiger partial charge in [0.1, 0.15) is 11.6 Å². The van der Waals surface area contributed by atoms with Gasteiger partial charge in [0.25, 0.3) is 5.91 Å². The van der Waals surface area contributed by atoms with E-state index in [4.69, 9.17) is 16.3 Å². The fraction of sp³-hybridized carbons (Fsp3) is 0.227. The maximum absolute atomic E-state index is 12.9. The number of hydrogen-bond donors (Lipinski definition) is 1. The van der Waals surface area contributed by atoms with Gasteiger partial charge in [0.2, 0.25) is 0 Å². The average Bonchev–Trinajstić information content (AvgIpc) is 2.72. The number of hydrogen-bond acceptors (Lipinski definition) is 5. The first kappa shape index (κ1) is 24.8. The Labute approximate surface area is 187 Å². The molecule has 2 rings (SSSR count). The summed E-state index contributed by atoms with van der Waals surface area (Å²) < 4.78 is 43.6. The lowest BCUT2D eigenvalue weighted by molar-refractivity contribution is -0.148. The van der Waals surface area contributed by atoms with E-state index in [2.05, 4.69) is 5.32 Å². The van der Waals surface area contributed by atoms with Crippen molar-refractivity contribution in [1.82, 2.24) is 0 Å². The van der Waals surface area contributed by atoms with Crippen LogP contribution in [0.4, 0.5) is 24.5 Å². The molecular formula is C22H19ClF3N3O3. The van der Waals surface area contributed by atoms with Crippen molar-refractivity contribution in [2.24, 2.45) is 0 Å². The SMILES string of the molecule is CC(OC(=O)/C(C#N)=C\c1ccc(N(C)C)cc1)C(=O)Nc1cc(C(F)(F)F)ccc1Cl. The molecule has 10 heteroatoms. The monoisotopic (exact) mass is 465 g/mol. The summed E-state index contributed by atoms with van der Waals surface area (Å²) in [6.07, 6.45) is -4.73. The highest BCUT2D eigenvalue weighted by Crippen LogP contribution is 2.33. The summed E-state index contributed by atoms with van der Waals surface area (Å²) in [5.41, 5.74) is -0.152. The standard InChI is InChI=1S/C22H19ClF3N3O3/c1-13(20(30)28-19-11-16(22(24,25)26)6-9-18(19)23)32-21(31)15(12-27)10-14-4-7-17(8-5-14)29(2)3/h4-11,13H,1-3H3,(H,28,30)/b15-10-. The first-order valence-corrected chi connectivity index (χ1v) is 9.58. The number of alkyl halides is 3. The number of nitriles is 1. The van der Waals surface area contributed by atoms with Crippen molar-refractivity contribution in [2.45, 2.75) is 19.2 Å². The van der Waals surface area contributed by atoms with Gasteiger partial charge in [-0.25, -0.2) is 4.79 Å². The molecule has 0 heterocycles. The molecule has 0 fully saturated rings. The molecule has 1 atom stereocenters. The van der Waals surface area contributed by atoms with Gasteiger partial charge in [-0.2, -0.15) is 18.4 Å². The van der Waals surface area contributed by atoms with Crippen LogP contribution in [0.3, 0.4) is 0 Å². The molecule has 168 valence electrons. The normalized spacial score (nSPS) is 12.5. The largest absolute Gasteiger partial charge is 0.448 e. The lowest BCUT2D eigenvalue weighted by atomic mass is 10.1. The number of rotatable bonds is 6. The number of amides is 1. The molecular weight excluding hydrogens is 447 g/mol. The first-order valence-electron chi connectivity index (χ1n) is 9.20. The van der Waals surface area contributed by atoms with E-state index in [0.717, 1.165) is 17.8 Å². The van der Waals surface area contributed by atoms with E-state index in [0.29, 0.717) is 11.6 Å². The second-order valence-electron chi connectivity index (χ2n) is 6.88. The van der Waals surface area contributed by atoms with Gasteiger partial charge in [0.05, 0.1) is 16.3 Å². The molecule has 2 aromatic carbocycles. The van der Waals surface area contributed by atoms with Crippen LogP contribution in [0.5, 0.6) is 0 Å². The second-order valence-corrected chi connectivity index (χ2v) is 7.29. The Morgan fingerprint density at radius 3 is 2.34 bits per heavy atom. The van der Waals surface area contributed by atoms with Gasteiger partial charge in [0, 0.05) is 19.8 Å². The topological polar surface area (TPSA) is 82.4 Å². The summed E-state index contributed by atoms with van der Waals surface area (Å²) in [7, 11) is 3.73. The van der Waals surface area contributed by atoms with Crippen LogP contribution in [0.25, 0.3) is 6.08 Å². The molecule has 0 aliphatic heterocycles. The molecule has 0 aliphatic carbocycles. The van der Waals surface area contributed by atoms with Crippen LogP contribution in [-0.2, 0) is 20.5 Å². The van der Waals surface area contributed by atoms with Crippen molar-refractivity contribution in [2.75, 3.05) is 24.3 Å². The third kappa shape index (κ3) is 6.49. The maximum Gasteiger partial charge on any atom is 0.416 e. The molecule has 2 aromatic rings. The number of esters is 1. The molecule has 1 amide bonds. The number of carbonyl (C=O) groups is 2. The van der Waals surface area contributed by atoms with Gasteiger partial charge >= 0.3 is 12.1 Å². The van der Waals surface area contributed by atoms with Crippen LogP contribution < -0.4 is 10.2 Å². The van der Waals surface area contributed by atoms with E-state index in [9.17, 15) is 28.0 Å². The zero-order chi connectivity index (χ0) is 24.1. The lowest BCUT2D eigenvalue weighted by Gasteiger charge is -2.15. The summed E-state index contributed by atoms with van der Waals surface area (Å²) in [5.74, 6) is -1.96. The van der Waals surface area contributed by atoms with Crippen LogP contribution in [0.1, 0.15) is 18.1 Å². The molecule has 1 N–H and O–H groups in total. The molecule has 0 aliphatic rings. The van der Waals surface area contributed by atoms with Crippen molar-refractivity contribution in [3.63, 3.8) is 0 Å². The molecule has 0 radical (unpaired) electrons. The predicted molar refractivity (Wildman–Crippen MR) is 115 cm³/mol. The summed E-state index contributed by atoms with van der Waals surface area (Å²) in [5, 5.41) is 11.4. The van der Waals surface area contributed by atoms with Crippen molar-refractivity contribution in [1.29, 1.82) is 5.26 Å². The van der Waals surface area contributed by atoms with Gasteiger partial charge < -0.3 is 15.0 Å². The predicted octanol–water partition coefficient (Wildman–Crippen LogP) is 4.90. The highest BCUT2D eigenvalue weighted by Gasteiger charge is 2.31. The third-order valence-corrected chi connectivity index (χ3v) is 4.60. The summed E-state index contributed by atoms with van der Waals surface area (Å²) in [6.45, 7) is 1.22. The Kier molecular flexibility index (Phi) is 7.89. The molecule has 0 saturated heterocycles. The minimum atomic E-state index is -4.63. The molecule has 32 heavy (non-hydrogen) atoms. The number of anilines is 2. The molecule has 0 spiro atoms. The summed E-state index contributed by atoms with van der Waals surface area (Å²) in [4.78, 5) is 26.5. The van der Waals surface area contributed by atoms with Crippen molar-refractivity contribution < 1.29 is 27.5 Å². The molecule has 0 saturated carbocycles. The summed E-state index contributed by atoms with van der Waals surface area (Å²) >= 11 is 5.85. The second kappa shape index (κ2) is 10.2. The van der Waals surface area contributed by atoms with Crippen LogP contribution >= 0.6 is 11.6 Å². The van der Waals surface area contributed by atoms with Crippen LogP contribution in [0, 0.1) is 11.3 Å². The van der Waals surface area contributed by atoms with E-state index < -0.39 is 29.7 Å². The first-order chi connectivity index (χ1) is 14.9. The zero-order valence-electron chi connectivity index (χ0n) is 17.3. The average molecular weight is 466 g/mol. The van der Waals surface area contributed by atoms with E-state index in [-0.39, 0.29) is 16.3 Å². The van der Waals surface area contributed by atoms with Gasteiger partial charge in [0.15, 0.2) is 6.10 Å². The minimum absolute atomic E-state index is 0.122. The van der Waals surface area contributed by atoms with E-state index in [1.807, 2.05) is 19.0 Å². The lowest BCUT2D eigenvalue weighted by Crippen LogP contribution is -2.30. The smallest absolute Gasteiger partial charge is 0.416 e. The highest BCUT2D eigenvalue weighted by molar-refractivity contribution is 6.33. The number of nitrogens with one attached hydrogen (secondary N) is 1. The fourth-order valence-corrected chi connectivity index (χ4v) is 2.65. The quantitative estimate of drug-likeness (QED) is 0.372. The van der Waals surface area contributed by atoms with E-state index in [1.165, 1.54) is 13.0 Å². The number of nitrogens with zero attached hydrogens (tertiary/aromatic N) is 2. The van der Waals surface area contributed by atoms with Crippen LogP contribution in [0.2, 0.25) is 5.02 Å². The van der Waals surface area contributed by atoms with Gasteiger partial charge in [-0.3, -0.25) is 4.79 Å². The number of ether oxygens (including phenoxy) is 1. The Balaban J connectivity index is 2.10. The minimum Gasteiger partial charge on any atom is -0.448 e.